The van der Waals surface area contributed by atoms with Crippen molar-refractivity contribution in [2.75, 3.05) is 0 Å². The summed E-state index contributed by atoms with van der Waals surface area (Å²) in [5.41, 5.74) is 0.967. The Labute approximate surface area is 201 Å². The Balaban J connectivity index is 2.01. The molecule has 186 valence electrons. The van der Waals surface area contributed by atoms with Crippen molar-refractivity contribution in [3.8, 4) is 0 Å². The van der Waals surface area contributed by atoms with Crippen LogP contribution in [0.15, 0.2) is 53.5 Å². The van der Waals surface area contributed by atoms with Gasteiger partial charge in [-0.1, -0.05) is 81.0 Å². The van der Waals surface area contributed by atoms with Crippen LogP contribution in [0.1, 0.15) is 96.0 Å². The molecule has 0 fully saturated rings. The highest BCUT2D eigenvalue weighted by Gasteiger charge is 2.16. The Morgan fingerprint density at radius 3 is 2.12 bits per heavy atom. The fourth-order valence-electron chi connectivity index (χ4n) is 3.41. The van der Waals surface area contributed by atoms with E-state index in [0.717, 1.165) is 50.5 Å². The Bertz CT molecular complexity index is 813. The third-order valence-electron chi connectivity index (χ3n) is 5.47. The Morgan fingerprint density at radius 1 is 0.909 bits per heavy atom. The van der Waals surface area contributed by atoms with Gasteiger partial charge in [0.1, 0.15) is 0 Å². The molecule has 1 aromatic carbocycles. The maximum atomic E-state index is 12.2. The monoisotopic (exact) mass is 477 g/mol. The summed E-state index contributed by atoms with van der Waals surface area (Å²) in [6.45, 7) is 4.02. The van der Waals surface area contributed by atoms with Gasteiger partial charge in [0.05, 0.1) is 11.0 Å². The Kier molecular flexibility index (Phi) is 15.5. The second kappa shape index (κ2) is 17.5. The zero-order valence-electron chi connectivity index (χ0n) is 20.5. The number of allylic oxidation sites excluding steroid dienone is 3. The average molecular weight is 478 g/mol. The van der Waals surface area contributed by atoms with Gasteiger partial charge in [-0.25, -0.2) is 13.1 Å². The highest BCUT2D eigenvalue weighted by atomic mass is 32.2. The molecule has 5 nitrogen and oxygen atoms in total. The topological polar surface area (TPSA) is 83.5 Å². The minimum atomic E-state index is -3.78. The first-order valence-corrected chi connectivity index (χ1v) is 14.0. The van der Waals surface area contributed by atoms with E-state index in [4.69, 9.17) is 0 Å². The van der Waals surface area contributed by atoms with Gasteiger partial charge in [0, 0.05) is 6.42 Å². The zero-order valence-corrected chi connectivity index (χ0v) is 21.3. The minimum absolute atomic E-state index is 0.110. The highest BCUT2D eigenvalue weighted by Crippen LogP contribution is 2.11. The zero-order chi connectivity index (χ0) is 24.4. The molecular formula is C27H43NO4S. The maximum Gasteiger partial charge on any atom is 0.264 e. The molecule has 33 heavy (non-hydrogen) atoms. The lowest BCUT2D eigenvalue weighted by Crippen LogP contribution is -2.30. The third kappa shape index (κ3) is 14.8. The SMILES string of the molecule is CCCC[C@@H](O)C=CCCCCCCCC=CCCCC(=O)NS(=O)(=O)c1ccc(C)cc1. The number of aliphatic hydroxyl groups is 1. The van der Waals surface area contributed by atoms with Crippen LogP contribution < -0.4 is 4.72 Å². The van der Waals surface area contributed by atoms with Crippen LogP contribution in [0.3, 0.4) is 0 Å². The molecule has 0 aliphatic heterocycles. The lowest BCUT2D eigenvalue weighted by Gasteiger charge is -2.06. The number of hydrogen-bond donors (Lipinski definition) is 2. The average Bonchev–Trinajstić information content (AvgIpc) is 2.77. The number of rotatable bonds is 18. The molecule has 0 saturated carbocycles. The van der Waals surface area contributed by atoms with Crippen molar-refractivity contribution in [2.45, 2.75) is 108 Å². The number of carbonyl (C=O) groups excluding carboxylic acids is 1. The van der Waals surface area contributed by atoms with Crippen LogP contribution in [-0.2, 0) is 14.8 Å². The molecule has 0 aromatic heterocycles. The lowest BCUT2D eigenvalue weighted by molar-refractivity contribution is -0.119. The largest absolute Gasteiger partial charge is 0.389 e. The van der Waals surface area contributed by atoms with E-state index in [-0.39, 0.29) is 17.4 Å². The van der Waals surface area contributed by atoms with E-state index in [1.165, 1.54) is 37.8 Å². The Morgan fingerprint density at radius 2 is 1.48 bits per heavy atom. The molecule has 1 amide bonds. The molecule has 0 spiro atoms. The quantitative estimate of drug-likeness (QED) is 0.190. The summed E-state index contributed by atoms with van der Waals surface area (Å²) in [7, 11) is -3.78. The number of nitrogens with one attached hydrogen (secondary N) is 1. The normalized spacial score (nSPS) is 13.1. The van der Waals surface area contributed by atoms with Gasteiger partial charge in [-0.3, -0.25) is 4.79 Å². The van der Waals surface area contributed by atoms with Crippen molar-refractivity contribution in [1.82, 2.24) is 4.72 Å². The van der Waals surface area contributed by atoms with Crippen molar-refractivity contribution in [3.05, 3.63) is 54.1 Å². The first-order valence-electron chi connectivity index (χ1n) is 12.5. The van der Waals surface area contributed by atoms with Crippen LogP contribution in [0.25, 0.3) is 0 Å². The van der Waals surface area contributed by atoms with E-state index in [0.29, 0.717) is 6.42 Å². The highest BCUT2D eigenvalue weighted by molar-refractivity contribution is 7.90. The summed E-state index contributed by atoms with van der Waals surface area (Å²) in [4.78, 5) is 12.1. The van der Waals surface area contributed by atoms with Crippen molar-refractivity contribution < 1.29 is 18.3 Å². The molecule has 1 aromatic rings. The van der Waals surface area contributed by atoms with E-state index in [9.17, 15) is 18.3 Å². The first-order chi connectivity index (χ1) is 15.8. The van der Waals surface area contributed by atoms with Crippen molar-refractivity contribution in [3.63, 3.8) is 0 Å². The molecule has 1 atom stereocenters. The molecule has 0 aliphatic carbocycles. The first kappa shape index (κ1) is 29.1. The van der Waals surface area contributed by atoms with E-state index >= 15 is 0 Å². The van der Waals surface area contributed by atoms with Crippen LogP contribution in [0.5, 0.6) is 0 Å². The number of unbranched alkanes of at least 4 members (excludes halogenated alkanes) is 8. The standard InChI is InChI=1S/C27H43NO4S/c1-3-4-17-25(29)18-15-13-11-9-7-5-6-8-10-12-14-16-19-27(30)28-33(31,32)26-22-20-24(2)21-23-26/h10,12,15,18,20-23,25,29H,3-9,11,13-14,16-17,19H2,1-2H3,(H,28,30)/t25-/m1/s1. The van der Waals surface area contributed by atoms with Crippen molar-refractivity contribution in [2.24, 2.45) is 0 Å². The summed E-state index contributed by atoms with van der Waals surface area (Å²) in [6.07, 6.45) is 20.8. The van der Waals surface area contributed by atoms with Crippen LogP contribution >= 0.6 is 0 Å². The van der Waals surface area contributed by atoms with E-state index in [1.54, 1.807) is 12.1 Å². The molecule has 0 unspecified atom stereocenters. The number of aliphatic hydroxyl groups excluding tert-OH is 1. The molecule has 0 saturated heterocycles. The van der Waals surface area contributed by atoms with Gasteiger partial charge in [-0.2, -0.15) is 0 Å². The number of amides is 1. The maximum absolute atomic E-state index is 12.2. The number of hydrogen-bond acceptors (Lipinski definition) is 4. The van der Waals surface area contributed by atoms with Gasteiger partial charge in [-0.05, 0) is 64.0 Å². The predicted molar refractivity (Wildman–Crippen MR) is 136 cm³/mol. The van der Waals surface area contributed by atoms with Crippen LogP contribution in [0.2, 0.25) is 0 Å². The van der Waals surface area contributed by atoms with Gasteiger partial charge in [0.15, 0.2) is 0 Å². The fraction of sp³-hybridized carbons (Fsp3) is 0.593. The number of aryl methyl sites for hydroxylation is 1. The predicted octanol–water partition coefficient (Wildman–Crippen LogP) is 6.36. The summed E-state index contributed by atoms with van der Waals surface area (Å²) >= 11 is 0. The van der Waals surface area contributed by atoms with Crippen molar-refractivity contribution >= 4 is 15.9 Å². The molecule has 0 aliphatic rings. The van der Waals surface area contributed by atoms with E-state index in [1.807, 2.05) is 13.0 Å². The van der Waals surface area contributed by atoms with Gasteiger partial charge in [-0.15, -0.1) is 0 Å². The van der Waals surface area contributed by atoms with Gasteiger partial charge in [0.25, 0.3) is 10.0 Å². The van der Waals surface area contributed by atoms with Crippen molar-refractivity contribution in [1.29, 1.82) is 0 Å². The lowest BCUT2D eigenvalue weighted by atomic mass is 10.1. The number of sulfonamides is 1. The van der Waals surface area contributed by atoms with E-state index < -0.39 is 15.9 Å². The summed E-state index contributed by atoms with van der Waals surface area (Å²) < 4.78 is 26.5. The molecule has 1 rings (SSSR count). The van der Waals surface area contributed by atoms with Crippen LogP contribution in [0.4, 0.5) is 0 Å². The summed E-state index contributed by atoms with van der Waals surface area (Å²) in [6, 6.07) is 6.44. The molecule has 2 N–H and O–H groups in total. The smallest absolute Gasteiger partial charge is 0.264 e. The minimum Gasteiger partial charge on any atom is -0.389 e. The molecule has 0 bridgehead atoms. The molecular weight excluding hydrogens is 434 g/mol. The fourth-order valence-corrected chi connectivity index (χ4v) is 4.42. The number of carbonyl (C=O) groups is 1. The Hall–Kier alpha value is -1.92. The summed E-state index contributed by atoms with van der Waals surface area (Å²) in [5.74, 6) is -0.464. The molecule has 6 heteroatoms. The molecule has 0 radical (unpaired) electrons. The number of benzene rings is 1. The van der Waals surface area contributed by atoms with E-state index in [2.05, 4.69) is 29.9 Å². The van der Waals surface area contributed by atoms with Gasteiger partial charge in [0.2, 0.25) is 5.91 Å². The summed E-state index contributed by atoms with van der Waals surface area (Å²) in [5, 5.41) is 9.74. The third-order valence-corrected chi connectivity index (χ3v) is 6.86. The second-order valence-electron chi connectivity index (χ2n) is 8.69. The van der Waals surface area contributed by atoms with Gasteiger partial charge < -0.3 is 5.11 Å². The van der Waals surface area contributed by atoms with Crippen LogP contribution in [0, 0.1) is 6.92 Å². The molecule has 0 heterocycles. The van der Waals surface area contributed by atoms with Crippen LogP contribution in [-0.4, -0.2) is 25.5 Å². The van der Waals surface area contributed by atoms with Gasteiger partial charge >= 0.3 is 0 Å². The second-order valence-corrected chi connectivity index (χ2v) is 10.4.